The summed E-state index contributed by atoms with van der Waals surface area (Å²) >= 11 is 0. The van der Waals surface area contributed by atoms with E-state index in [9.17, 15) is 24.8 Å². The fraction of sp³-hybridized carbons (Fsp3) is 0.214. The number of Topliss-reactive ketones (excluding diaryl/α,β-unsaturated/α-hetero) is 1. The number of amides is 1. The normalized spacial score (nSPS) is 16.7. The van der Waals surface area contributed by atoms with E-state index < -0.39 is 28.4 Å². The number of hydrogen-bond donors (Lipinski definition) is 1. The Labute approximate surface area is 213 Å². The number of aliphatic hydroxyl groups is 1. The number of benzene rings is 3. The molecule has 0 spiro atoms. The van der Waals surface area contributed by atoms with Gasteiger partial charge in [0.05, 0.1) is 16.5 Å². The number of likely N-dealkylation sites (tertiary alicyclic amines) is 1. The van der Waals surface area contributed by atoms with Gasteiger partial charge in [0.15, 0.2) is 0 Å². The van der Waals surface area contributed by atoms with Gasteiger partial charge in [0.1, 0.15) is 18.1 Å². The van der Waals surface area contributed by atoms with Gasteiger partial charge in [-0.3, -0.25) is 19.7 Å². The zero-order chi connectivity index (χ0) is 26.4. The van der Waals surface area contributed by atoms with Crippen LogP contribution in [0.1, 0.15) is 29.2 Å². The van der Waals surface area contributed by atoms with Gasteiger partial charge < -0.3 is 19.5 Å². The molecule has 9 heteroatoms. The van der Waals surface area contributed by atoms with Crippen molar-refractivity contribution in [3.8, 4) is 5.75 Å². The molecule has 1 amide bonds. The number of nitrogens with zero attached hydrogens (tertiary/aromatic N) is 2. The molecule has 1 unspecified atom stereocenters. The summed E-state index contributed by atoms with van der Waals surface area (Å²) in [6.45, 7) is 0.983. The molecular formula is C28H26N2O7. The van der Waals surface area contributed by atoms with Crippen LogP contribution in [0.5, 0.6) is 5.75 Å². The summed E-state index contributed by atoms with van der Waals surface area (Å²) in [7, 11) is 1.54. The first-order valence-electron chi connectivity index (χ1n) is 11.7. The molecule has 0 aliphatic carbocycles. The van der Waals surface area contributed by atoms with Gasteiger partial charge in [0, 0.05) is 38.0 Å². The van der Waals surface area contributed by atoms with Crippen LogP contribution in [0, 0.1) is 10.1 Å². The van der Waals surface area contributed by atoms with Crippen LogP contribution >= 0.6 is 0 Å². The third-order valence-corrected chi connectivity index (χ3v) is 6.06. The van der Waals surface area contributed by atoms with E-state index in [0.717, 1.165) is 5.56 Å². The van der Waals surface area contributed by atoms with Gasteiger partial charge in [0.2, 0.25) is 0 Å². The molecule has 3 aromatic carbocycles. The number of ether oxygens (including phenoxy) is 2. The van der Waals surface area contributed by atoms with Gasteiger partial charge in [-0.05, 0) is 29.7 Å². The van der Waals surface area contributed by atoms with E-state index in [1.165, 1.54) is 29.2 Å². The Hall–Kier alpha value is -4.50. The molecule has 1 saturated heterocycles. The molecule has 37 heavy (non-hydrogen) atoms. The van der Waals surface area contributed by atoms with Gasteiger partial charge in [0.25, 0.3) is 17.4 Å². The maximum absolute atomic E-state index is 13.1. The highest BCUT2D eigenvalue weighted by atomic mass is 16.6. The Balaban J connectivity index is 1.69. The van der Waals surface area contributed by atoms with Crippen LogP contribution in [0.4, 0.5) is 5.69 Å². The monoisotopic (exact) mass is 502 g/mol. The van der Waals surface area contributed by atoms with Gasteiger partial charge in [-0.1, -0.05) is 54.6 Å². The summed E-state index contributed by atoms with van der Waals surface area (Å²) in [6.07, 6.45) is 0.481. The molecule has 0 aromatic heterocycles. The Morgan fingerprint density at radius 1 is 1.03 bits per heavy atom. The average molecular weight is 503 g/mol. The number of rotatable bonds is 10. The van der Waals surface area contributed by atoms with Crippen LogP contribution in [0.25, 0.3) is 5.76 Å². The zero-order valence-corrected chi connectivity index (χ0v) is 20.2. The van der Waals surface area contributed by atoms with Crippen LogP contribution in [0.3, 0.4) is 0 Å². The number of ketones is 1. The van der Waals surface area contributed by atoms with Crippen molar-refractivity contribution in [1.29, 1.82) is 0 Å². The second-order valence-electron chi connectivity index (χ2n) is 8.49. The smallest absolute Gasteiger partial charge is 0.295 e. The Bertz CT molecular complexity index is 1320. The number of nitro groups is 1. The minimum absolute atomic E-state index is 0.0805. The van der Waals surface area contributed by atoms with E-state index in [2.05, 4.69) is 0 Å². The highest BCUT2D eigenvalue weighted by Gasteiger charge is 2.45. The average Bonchev–Trinajstić information content (AvgIpc) is 3.17. The van der Waals surface area contributed by atoms with Crippen molar-refractivity contribution in [1.82, 2.24) is 4.90 Å². The molecule has 1 N–H and O–H groups in total. The highest BCUT2D eigenvalue weighted by Crippen LogP contribution is 2.40. The molecule has 3 aromatic rings. The molecule has 4 rings (SSSR count). The lowest BCUT2D eigenvalue weighted by molar-refractivity contribution is -0.384. The fourth-order valence-corrected chi connectivity index (χ4v) is 4.25. The van der Waals surface area contributed by atoms with Crippen LogP contribution in [-0.2, 0) is 20.9 Å². The standard InChI is InChI=1S/C28H26N2O7/c1-36-16-6-15-29-25(20-11-13-23(14-12-20)37-18-19-7-3-2-4-8-19)24(27(32)28(29)33)26(31)21-9-5-10-22(17-21)30(34)35/h2-5,7-14,17,25,31H,6,15-16,18H2,1H3/b26-24-. The summed E-state index contributed by atoms with van der Waals surface area (Å²) in [4.78, 5) is 38.1. The first-order chi connectivity index (χ1) is 17.9. The zero-order valence-electron chi connectivity index (χ0n) is 20.2. The second kappa shape index (κ2) is 11.5. The molecule has 1 aliphatic rings. The maximum Gasteiger partial charge on any atom is 0.295 e. The van der Waals surface area contributed by atoms with Gasteiger partial charge in [-0.15, -0.1) is 0 Å². The summed E-state index contributed by atoms with van der Waals surface area (Å²) in [5.74, 6) is -1.47. The van der Waals surface area contributed by atoms with Crippen molar-refractivity contribution in [3.63, 3.8) is 0 Å². The van der Waals surface area contributed by atoms with E-state index in [-0.39, 0.29) is 23.4 Å². The molecule has 0 radical (unpaired) electrons. The molecule has 1 aliphatic heterocycles. The SMILES string of the molecule is COCCCN1C(=O)C(=O)/C(=C(\O)c2cccc([N+](=O)[O-])c2)C1c1ccc(OCc2ccccc2)cc1. The lowest BCUT2D eigenvalue weighted by Crippen LogP contribution is -2.31. The van der Waals surface area contributed by atoms with Crippen molar-refractivity contribution in [3.05, 3.63) is 111 Å². The molecule has 1 atom stereocenters. The maximum atomic E-state index is 13.1. The molecule has 1 heterocycles. The summed E-state index contributed by atoms with van der Waals surface area (Å²) < 4.78 is 10.9. The van der Waals surface area contributed by atoms with Crippen LogP contribution < -0.4 is 4.74 Å². The van der Waals surface area contributed by atoms with E-state index >= 15 is 0 Å². The third kappa shape index (κ3) is 5.68. The number of methoxy groups -OCH3 is 1. The van der Waals surface area contributed by atoms with E-state index in [1.807, 2.05) is 30.3 Å². The van der Waals surface area contributed by atoms with E-state index in [4.69, 9.17) is 9.47 Å². The number of aliphatic hydroxyl groups excluding tert-OH is 1. The predicted octanol–water partition coefficient (Wildman–Crippen LogP) is 4.63. The van der Waals surface area contributed by atoms with Gasteiger partial charge >= 0.3 is 0 Å². The van der Waals surface area contributed by atoms with Crippen LogP contribution in [0.2, 0.25) is 0 Å². The first kappa shape index (κ1) is 25.6. The predicted molar refractivity (Wildman–Crippen MR) is 136 cm³/mol. The topological polar surface area (TPSA) is 119 Å². The Morgan fingerprint density at radius 2 is 1.76 bits per heavy atom. The lowest BCUT2D eigenvalue weighted by Gasteiger charge is -2.25. The summed E-state index contributed by atoms with van der Waals surface area (Å²) in [6, 6.07) is 21.1. The van der Waals surface area contributed by atoms with Crippen LogP contribution in [-0.4, -0.2) is 46.9 Å². The first-order valence-corrected chi connectivity index (χ1v) is 11.7. The third-order valence-electron chi connectivity index (χ3n) is 6.06. The molecule has 9 nitrogen and oxygen atoms in total. The summed E-state index contributed by atoms with van der Waals surface area (Å²) in [5.41, 5.74) is 1.32. The fourth-order valence-electron chi connectivity index (χ4n) is 4.25. The van der Waals surface area contributed by atoms with Gasteiger partial charge in [-0.25, -0.2) is 0 Å². The lowest BCUT2D eigenvalue weighted by atomic mass is 9.95. The van der Waals surface area contributed by atoms with Crippen molar-refractivity contribution < 1.29 is 29.1 Å². The number of non-ortho nitro benzene ring substituents is 1. The molecule has 1 fully saturated rings. The number of nitro benzene ring substituents is 1. The highest BCUT2D eigenvalue weighted by molar-refractivity contribution is 6.46. The minimum Gasteiger partial charge on any atom is -0.507 e. The van der Waals surface area contributed by atoms with Gasteiger partial charge in [-0.2, -0.15) is 0 Å². The summed E-state index contributed by atoms with van der Waals surface area (Å²) in [5, 5.41) is 22.3. The minimum atomic E-state index is -0.876. The number of carbonyl (C=O) groups is 2. The van der Waals surface area contributed by atoms with E-state index in [0.29, 0.717) is 30.9 Å². The molecular weight excluding hydrogens is 476 g/mol. The molecule has 190 valence electrons. The Kier molecular flexibility index (Phi) is 7.95. The van der Waals surface area contributed by atoms with Crippen LogP contribution in [0.15, 0.2) is 84.4 Å². The quantitative estimate of drug-likeness (QED) is 0.107. The van der Waals surface area contributed by atoms with Crippen molar-refractivity contribution in [2.24, 2.45) is 0 Å². The number of hydrogen-bond acceptors (Lipinski definition) is 7. The second-order valence-corrected chi connectivity index (χ2v) is 8.49. The van der Waals surface area contributed by atoms with Crippen molar-refractivity contribution in [2.45, 2.75) is 19.1 Å². The largest absolute Gasteiger partial charge is 0.507 e. The number of carbonyl (C=O) groups excluding carboxylic acids is 2. The van der Waals surface area contributed by atoms with E-state index in [1.54, 1.807) is 31.4 Å². The van der Waals surface area contributed by atoms with Crippen molar-refractivity contribution >= 4 is 23.1 Å². The molecule has 0 bridgehead atoms. The molecule has 0 saturated carbocycles. The Morgan fingerprint density at radius 3 is 2.43 bits per heavy atom. The van der Waals surface area contributed by atoms with Crippen molar-refractivity contribution in [2.75, 3.05) is 20.3 Å².